The Hall–Kier alpha value is -1.12. The lowest BCUT2D eigenvalue weighted by Crippen LogP contribution is -2.53. The molecule has 1 rings (SSSR count). The topological polar surface area (TPSA) is 65.4 Å². The van der Waals surface area contributed by atoms with Crippen molar-refractivity contribution in [3.05, 3.63) is 0 Å². The molecule has 0 radical (unpaired) electrons. The molecule has 0 saturated carbocycles. The van der Waals surface area contributed by atoms with E-state index in [1.165, 1.54) is 0 Å². The second-order valence-corrected chi connectivity index (χ2v) is 3.78. The Bertz CT molecular complexity index is 262. The van der Waals surface area contributed by atoms with Gasteiger partial charge in [0, 0.05) is 26.1 Å². The molecule has 90 valence electrons. The van der Waals surface area contributed by atoms with Gasteiger partial charge in [0.1, 0.15) is 6.04 Å². The zero-order chi connectivity index (χ0) is 11.8. The Labute approximate surface area is 96.4 Å². The van der Waals surface area contributed by atoms with Gasteiger partial charge in [0.25, 0.3) is 0 Å². The molecular weight excluding hydrogens is 206 g/mol. The summed E-state index contributed by atoms with van der Waals surface area (Å²) in [6.45, 7) is 5.23. The van der Waals surface area contributed by atoms with Gasteiger partial charge in [0.05, 0.1) is 19.3 Å². The fourth-order valence-electron chi connectivity index (χ4n) is 1.80. The number of rotatable bonds is 5. The molecule has 1 saturated heterocycles. The van der Waals surface area contributed by atoms with Crippen LogP contribution >= 0.6 is 0 Å². The van der Waals surface area contributed by atoms with Crippen LogP contribution in [0.15, 0.2) is 0 Å². The Morgan fingerprint density at radius 1 is 1.69 bits per heavy atom. The first kappa shape index (κ1) is 12.9. The largest absolute Gasteiger partial charge is 0.378 e. The van der Waals surface area contributed by atoms with Gasteiger partial charge in [-0.1, -0.05) is 0 Å². The van der Waals surface area contributed by atoms with Crippen LogP contribution in [0.3, 0.4) is 0 Å². The molecule has 1 fully saturated rings. The molecule has 5 nitrogen and oxygen atoms in total. The molecule has 0 aromatic heterocycles. The highest BCUT2D eigenvalue weighted by Crippen LogP contribution is 2.08. The molecule has 1 heterocycles. The summed E-state index contributed by atoms with van der Waals surface area (Å²) in [6.07, 6.45) is 1.35. The Morgan fingerprint density at radius 3 is 3.19 bits per heavy atom. The van der Waals surface area contributed by atoms with Crippen LogP contribution in [0.4, 0.5) is 0 Å². The number of likely N-dealkylation sites (N-methyl/N-ethyl adjacent to an activating group) is 1. The average molecular weight is 225 g/mol. The van der Waals surface area contributed by atoms with Gasteiger partial charge in [-0.15, -0.1) is 0 Å². The van der Waals surface area contributed by atoms with Gasteiger partial charge in [-0.25, -0.2) is 0 Å². The molecule has 1 unspecified atom stereocenters. The van der Waals surface area contributed by atoms with Gasteiger partial charge in [-0.3, -0.25) is 9.69 Å². The zero-order valence-corrected chi connectivity index (χ0v) is 9.74. The number of hydrogen-bond acceptors (Lipinski definition) is 4. The minimum Gasteiger partial charge on any atom is -0.378 e. The van der Waals surface area contributed by atoms with E-state index in [9.17, 15) is 4.79 Å². The third-order valence-electron chi connectivity index (χ3n) is 2.63. The minimum absolute atomic E-state index is 0.0270. The van der Waals surface area contributed by atoms with E-state index < -0.39 is 0 Å². The maximum absolute atomic E-state index is 11.7. The number of carbonyl (C=O) groups is 1. The number of nitriles is 1. The van der Waals surface area contributed by atoms with E-state index >= 15 is 0 Å². The van der Waals surface area contributed by atoms with Crippen molar-refractivity contribution in [1.29, 1.82) is 5.26 Å². The molecule has 1 atom stereocenters. The number of ether oxygens (including phenoxy) is 1. The first-order valence-corrected chi connectivity index (χ1v) is 5.76. The highest BCUT2D eigenvalue weighted by atomic mass is 16.5. The van der Waals surface area contributed by atoms with E-state index in [4.69, 9.17) is 10.00 Å². The summed E-state index contributed by atoms with van der Waals surface area (Å²) in [5, 5.41) is 11.3. The van der Waals surface area contributed by atoms with Crippen LogP contribution in [0.2, 0.25) is 0 Å². The number of nitrogens with zero attached hydrogens (tertiary/aromatic N) is 2. The van der Waals surface area contributed by atoms with Gasteiger partial charge in [0.15, 0.2) is 0 Å². The highest BCUT2D eigenvalue weighted by molar-refractivity contribution is 5.81. The Balaban J connectivity index is 2.43. The Kier molecular flexibility index (Phi) is 5.83. The molecule has 0 bridgehead atoms. The van der Waals surface area contributed by atoms with E-state index in [1.807, 2.05) is 6.92 Å². The van der Waals surface area contributed by atoms with Crippen LogP contribution in [0.1, 0.15) is 19.8 Å². The van der Waals surface area contributed by atoms with Crippen molar-refractivity contribution >= 4 is 5.91 Å². The summed E-state index contributed by atoms with van der Waals surface area (Å²) in [7, 11) is 0. The maximum atomic E-state index is 11.7. The molecular formula is C11H19N3O2. The molecule has 16 heavy (non-hydrogen) atoms. The van der Waals surface area contributed by atoms with E-state index in [1.54, 1.807) is 0 Å². The van der Waals surface area contributed by atoms with Crippen LogP contribution in [0, 0.1) is 11.3 Å². The van der Waals surface area contributed by atoms with Crippen molar-refractivity contribution in [2.45, 2.75) is 25.8 Å². The van der Waals surface area contributed by atoms with E-state index in [0.29, 0.717) is 26.2 Å². The lowest BCUT2D eigenvalue weighted by atomic mass is 10.2. The van der Waals surface area contributed by atoms with E-state index in [2.05, 4.69) is 16.3 Å². The predicted octanol–water partition coefficient (Wildman–Crippen LogP) is 0.127. The highest BCUT2D eigenvalue weighted by Gasteiger charge is 2.28. The van der Waals surface area contributed by atoms with Crippen LogP contribution in [-0.2, 0) is 9.53 Å². The number of unbranched alkanes of at least 4 members (excludes halogenated alkanes) is 1. The summed E-state index contributed by atoms with van der Waals surface area (Å²) in [6, 6.07) is 1.93. The average Bonchev–Trinajstić information content (AvgIpc) is 2.30. The number of carbonyl (C=O) groups excluding carboxylic acids is 1. The minimum atomic E-state index is -0.188. The first-order chi connectivity index (χ1) is 7.79. The lowest BCUT2D eigenvalue weighted by molar-refractivity contribution is -0.132. The summed E-state index contributed by atoms with van der Waals surface area (Å²) in [5.41, 5.74) is 0. The smallest absolute Gasteiger partial charge is 0.239 e. The second-order valence-electron chi connectivity index (χ2n) is 3.78. The maximum Gasteiger partial charge on any atom is 0.239 e. The van der Waals surface area contributed by atoms with Crippen molar-refractivity contribution in [1.82, 2.24) is 10.2 Å². The summed E-state index contributed by atoms with van der Waals surface area (Å²) < 4.78 is 5.32. The molecule has 1 aliphatic heterocycles. The van der Waals surface area contributed by atoms with Crippen molar-refractivity contribution in [2.24, 2.45) is 0 Å². The van der Waals surface area contributed by atoms with Crippen LogP contribution in [0.25, 0.3) is 0 Å². The Morgan fingerprint density at radius 2 is 2.50 bits per heavy atom. The molecule has 1 N–H and O–H groups in total. The quantitative estimate of drug-likeness (QED) is 0.675. The molecule has 0 aromatic rings. The molecule has 0 spiro atoms. The molecule has 0 aliphatic carbocycles. The van der Waals surface area contributed by atoms with E-state index in [-0.39, 0.29) is 11.9 Å². The van der Waals surface area contributed by atoms with Crippen molar-refractivity contribution in [3.8, 4) is 6.07 Å². The van der Waals surface area contributed by atoms with Gasteiger partial charge >= 0.3 is 0 Å². The molecule has 1 aliphatic rings. The molecule has 1 amide bonds. The van der Waals surface area contributed by atoms with Crippen LogP contribution < -0.4 is 5.32 Å². The second kappa shape index (κ2) is 7.20. The van der Waals surface area contributed by atoms with Crippen molar-refractivity contribution < 1.29 is 9.53 Å². The van der Waals surface area contributed by atoms with Crippen LogP contribution in [-0.4, -0.2) is 49.7 Å². The number of amides is 1. The summed E-state index contributed by atoms with van der Waals surface area (Å²) >= 11 is 0. The normalized spacial score (nSPS) is 21.4. The zero-order valence-electron chi connectivity index (χ0n) is 9.74. The first-order valence-electron chi connectivity index (χ1n) is 5.76. The fraction of sp³-hybridized carbons (Fsp3) is 0.818. The third-order valence-corrected chi connectivity index (χ3v) is 2.63. The van der Waals surface area contributed by atoms with Gasteiger partial charge in [0.2, 0.25) is 5.91 Å². The monoisotopic (exact) mass is 225 g/mol. The summed E-state index contributed by atoms with van der Waals surface area (Å²) in [5.74, 6) is 0.0270. The fourth-order valence-corrected chi connectivity index (χ4v) is 1.80. The van der Waals surface area contributed by atoms with Crippen molar-refractivity contribution in [3.63, 3.8) is 0 Å². The molecule has 0 aromatic carbocycles. The predicted molar refractivity (Wildman–Crippen MR) is 59.7 cm³/mol. The number of morpholine rings is 1. The van der Waals surface area contributed by atoms with E-state index in [0.717, 1.165) is 19.5 Å². The SMILES string of the molecule is CCNC(=O)C1COCCN1CCCC#N. The van der Waals surface area contributed by atoms with Gasteiger partial charge in [-0.2, -0.15) is 5.26 Å². The van der Waals surface area contributed by atoms with Crippen LogP contribution in [0.5, 0.6) is 0 Å². The van der Waals surface area contributed by atoms with Gasteiger partial charge < -0.3 is 10.1 Å². The van der Waals surface area contributed by atoms with Crippen molar-refractivity contribution in [2.75, 3.05) is 32.8 Å². The third kappa shape index (κ3) is 3.80. The molecule has 5 heteroatoms. The summed E-state index contributed by atoms with van der Waals surface area (Å²) in [4.78, 5) is 13.8. The standard InChI is InChI=1S/C11H19N3O2/c1-2-13-11(15)10-9-16-8-7-14(10)6-4-3-5-12/h10H,2-4,6-9H2,1H3,(H,13,15). The number of nitrogens with one attached hydrogen (secondary N) is 1. The lowest BCUT2D eigenvalue weighted by Gasteiger charge is -2.34. The van der Waals surface area contributed by atoms with Gasteiger partial charge in [-0.05, 0) is 13.3 Å². The number of hydrogen-bond donors (Lipinski definition) is 1.